The van der Waals surface area contributed by atoms with Gasteiger partial charge in [0.2, 0.25) is 0 Å². The number of carbonyl (C=O) groups excluding carboxylic acids is 1. The number of piperidine rings is 1. The fourth-order valence-electron chi connectivity index (χ4n) is 5.11. The Labute approximate surface area is 213 Å². The maximum Gasteiger partial charge on any atom is 0.256 e. The molecule has 2 fully saturated rings. The van der Waals surface area contributed by atoms with Crippen LogP contribution < -0.4 is 4.90 Å². The number of rotatable bonds is 4. The Morgan fingerprint density at radius 3 is 2.71 bits per heavy atom. The first-order chi connectivity index (χ1) is 17.0. The predicted molar refractivity (Wildman–Crippen MR) is 139 cm³/mol. The molecule has 0 unspecified atom stereocenters. The molecule has 178 valence electrons. The van der Waals surface area contributed by atoms with Crippen LogP contribution in [0.15, 0.2) is 54.9 Å². The van der Waals surface area contributed by atoms with Crippen molar-refractivity contribution < 1.29 is 4.79 Å². The molecular formula is C26H25ClN6OS. The van der Waals surface area contributed by atoms with Crippen LogP contribution in [-0.2, 0) is 0 Å². The Hall–Kier alpha value is -3.23. The topological polar surface area (TPSA) is 67.2 Å². The third-order valence-electron chi connectivity index (χ3n) is 6.97. The van der Waals surface area contributed by atoms with Crippen LogP contribution in [0.1, 0.15) is 28.0 Å². The zero-order chi connectivity index (χ0) is 24.1. The third-order valence-corrected chi connectivity index (χ3v) is 8.45. The number of anilines is 1. The number of nitrogens with zero attached hydrogens (tertiary/aromatic N) is 6. The lowest BCUT2D eigenvalue weighted by Gasteiger charge is -2.53. The van der Waals surface area contributed by atoms with Crippen LogP contribution in [0.25, 0.3) is 16.1 Å². The SMILES string of the molecule is Cc1ccc(-n2nccn2)c(C(=O)N2CC[C@H]3CN(c4nc(C)c(-c5cccc(Cl)c5)s4)[C@H]3C2)c1. The lowest BCUT2D eigenvalue weighted by molar-refractivity contribution is 0.0592. The molecule has 2 saturated heterocycles. The first-order valence-electron chi connectivity index (χ1n) is 11.7. The Morgan fingerprint density at radius 1 is 1.09 bits per heavy atom. The smallest absolute Gasteiger partial charge is 0.256 e. The number of benzene rings is 2. The highest BCUT2D eigenvalue weighted by atomic mass is 35.5. The van der Waals surface area contributed by atoms with Gasteiger partial charge in [0, 0.05) is 30.6 Å². The van der Waals surface area contributed by atoms with Gasteiger partial charge in [0.05, 0.1) is 40.3 Å². The number of fused-ring (bicyclic) bond motifs is 1. The normalized spacial score (nSPS) is 19.4. The standard InChI is InChI=1S/C26H25ClN6OS/c1-16-6-7-22(33-28-9-10-29-33)21(12-16)25(34)31-11-8-19-14-32(23(19)15-31)26-30-17(2)24(35-26)18-4-3-5-20(27)13-18/h3-7,9-10,12-13,19,23H,8,11,14-15H2,1-2H3/t19-,23-/m0/s1. The highest BCUT2D eigenvalue weighted by molar-refractivity contribution is 7.19. The molecule has 0 saturated carbocycles. The van der Waals surface area contributed by atoms with Gasteiger partial charge in [0.25, 0.3) is 5.91 Å². The van der Waals surface area contributed by atoms with Crippen molar-refractivity contribution in [3.05, 3.63) is 76.7 Å². The van der Waals surface area contributed by atoms with Crippen LogP contribution in [0.5, 0.6) is 0 Å². The molecule has 4 aromatic rings. The largest absolute Gasteiger partial charge is 0.343 e. The van der Waals surface area contributed by atoms with Crippen molar-refractivity contribution in [1.29, 1.82) is 0 Å². The van der Waals surface area contributed by atoms with E-state index in [0.717, 1.165) is 51.4 Å². The predicted octanol–water partition coefficient (Wildman–Crippen LogP) is 5.01. The lowest BCUT2D eigenvalue weighted by atomic mass is 9.82. The van der Waals surface area contributed by atoms with Crippen molar-refractivity contribution >= 4 is 34.0 Å². The number of amides is 1. The summed E-state index contributed by atoms with van der Waals surface area (Å²) in [6, 6.07) is 14.0. The number of thiazole rings is 1. The molecule has 9 heteroatoms. The van der Waals surface area contributed by atoms with Gasteiger partial charge in [0.15, 0.2) is 5.13 Å². The molecular weight excluding hydrogens is 480 g/mol. The number of halogens is 1. The van der Waals surface area contributed by atoms with E-state index in [-0.39, 0.29) is 11.9 Å². The van der Waals surface area contributed by atoms with Crippen molar-refractivity contribution in [2.75, 3.05) is 24.5 Å². The fraction of sp³-hybridized carbons (Fsp3) is 0.308. The minimum Gasteiger partial charge on any atom is -0.343 e. The van der Waals surface area contributed by atoms with E-state index in [1.807, 2.05) is 55.1 Å². The van der Waals surface area contributed by atoms with Crippen molar-refractivity contribution in [2.45, 2.75) is 26.3 Å². The van der Waals surface area contributed by atoms with Crippen LogP contribution in [0.4, 0.5) is 5.13 Å². The van der Waals surface area contributed by atoms with Gasteiger partial charge in [-0.05, 0) is 50.1 Å². The molecule has 4 heterocycles. The number of carbonyl (C=O) groups is 1. The van der Waals surface area contributed by atoms with E-state index < -0.39 is 0 Å². The maximum atomic E-state index is 13.7. The van der Waals surface area contributed by atoms with E-state index in [1.54, 1.807) is 23.7 Å². The summed E-state index contributed by atoms with van der Waals surface area (Å²) in [6.45, 7) is 6.49. The summed E-state index contributed by atoms with van der Waals surface area (Å²) in [5, 5.41) is 10.2. The van der Waals surface area contributed by atoms with Crippen LogP contribution in [0, 0.1) is 19.8 Å². The van der Waals surface area contributed by atoms with Crippen molar-refractivity contribution in [3.8, 4) is 16.1 Å². The summed E-state index contributed by atoms with van der Waals surface area (Å²) in [7, 11) is 0. The van der Waals surface area contributed by atoms with Crippen LogP contribution >= 0.6 is 22.9 Å². The molecule has 6 rings (SSSR count). The molecule has 35 heavy (non-hydrogen) atoms. The summed E-state index contributed by atoms with van der Waals surface area (Å²) in [5.74, 6) is 0.615. The fourth-order valence-corrected chi connectivity index (χ4v) is 6.43. The van der Waals surface area contributed by atoms with Gasteiger partial charge in [-0.2, -0.15) is 15.0 Å². The summed E-state index contributed by atoms with van der Waals surface area (Å²) in [6.07, 6.45) is 4.25. The summed E-state index contributed by atoms with van der Waals surface area (Å²) in [4.78, 5) is 25.6. The molecule has 1 amide bonds. The molecule has 2 aromatic carbocycles. The zero-order valence-corrected chi connectivity index (χ0v) is 21.1. The maximum absolute atomic E-state index is 13.7. The summed E-state index contributed by atoms with van der Waals surface area (Å²) in [5.41, 5.74) is 4.49. The molecule has 2 aliphatic rings. The Kier molecular flexibility index (Phi) is 5.57. The molecule has 7 nitrogen and oxygen atoms in total. The quantitative estimate of drug-likeness (QED) is 0.390. The minimum atomic E-state index is 0.0289. The molecule has 0 N–H and O–H groups in total. The Balaban J connectivity index is 1.24. The monoisotopic (exact) mass is 504 g/mol. The number of hydrogen-bond donors (Lipinski definition) is 0. The third kappa shape index (κ3) is 4.00. The lowest BCUT2D eigenvalue weighted by Crippen LogP contribution is -2.65. The second-order valence-corrected chi connectivity index (χ2v) is 10.7. The first-order valence-corrected chi connectivity index (χ1v) is 12.9. The van der Waals surface area contributed by atoms with Crippen molar-refractivity contribution in [2.24, 2.45) is 5.92 Å². The second kappa shape index (κ2) is 8.77. The van der Waals surface area contributed by atoms with Crippen molar-refractivity contribution in [1.82, 2.24) is 24.9 Å². The number of hydrogen-bond acceptors (Lipinski definition) is 6. The minimum absolute atomic E-state index is 0.0289. The van der Waals surface area contributed by atoms with Crippen molar-refractivity contribution in [3.63, 3.8) is 0 Å². The highest BCUT2D eigenvalue weighted by Gasteiger charge is 2.45. The van der Waals surface area contributed by atoms with Crippen LogP contribution in [-0.4, -0.2) is 56.5 Å². The molecule has 2 aliphatic heterocycles. The average Bonchev–Trinajstić information content (AvgIpc) is 3.49. The number of aryl methyl sites for hydroxylation is 2. The molecule has 0 bridgehead atoms. The molecule has 0 aliphatic carbocycles. The molecule has 2 atom stereocenters. The first kappa shape index (κ1) is 22.2. The van der Waals surface area contributed by atoms with Gasteiger partial charge in [-0.1, -0.05) is 46.7 Å². The second-order valence-electron chi connectivity index (χ2n) is 9.28. The summed E-state index contributed by atoms with van der Waals surface area (Å²) >= 11 is 7.93. The number of aromatic nitrogens is 4. The molecule has 2 aromatic heterocycles. The van der Waals surface area contributed by atoms with Gasteiger partial charge in [-0.25, -0.2) is 4.98 Å². The highest BCUT2D eigenvalue weighted by Crippen LogP contribution is 2.42. The van der Waals surface area contributed by atoms with E-state index in [9.17, 15) is 4.79 Å². The Morgan fingerprint density at radius 2 is 1.91 bits per heavy atom. The van der Waals surface area contributed by atoms with Gasteiger partial charge >= 0.3 is 0 Å². The van der Waals surface area contributed by atoms with E-state index in [2.05, 4.69) is 21.2 Å². The zero-order valence-electron chi connectivity index (χ0n) is 19.6. The van der Waals surface area contributed by atoms with Gasteiger partial charge in [-0.3, -0.25) is 4.79 Å². The number of likely N-dealkylation sites (tertiary alicyclic amines) is 1. The Bertz CT molecular complexity index is 1400. The average molecular weight is 505 g/mol. The van der Waals surface area contributed by atoms with E-state index in [4.69, 9.17) is 16.6 Å². The summed E-state index contributed by atoms with van der Waals surface area (Å²) < 4.78 is 0. The van der Waals surface area contributed by atoms with Gasteiger partial charge < -0.3 is 9.80 Å². The van der Waals surface area contributed by atoms with Crippen LogP contribution in [0.2, 0.25) is 5.02 Å². The van der Waals surface area contributed by atoms with Gasteiger partial charge in [0.1, 0.15) is 0 Å². The van der Waals surface area contributed by atoms with E-state index >= 15 is 0 Å². The van der Waals surface area contributed by atoms with E-state index in [0.29, 0.717) is 23.7 Å². The van der Waals surface area contributed by atoms with Crippen LogP contribution in [0.3, 0.4) is 0 Å². The molecule has 0 spiro atoms. The van der Waals surface area contributed by atoms with Gasteiger partial charge in [-0.15, -0.1) is 0 Å². The van der Waals surface area contributed by atoms with E-state index in [1.165, 1.54) is 4.80 Å². The molecule has 0 radical (unpaired) electrons.